The number of anilines is 3. The Morgan fingerprint density at radius 3 is 2.45 bits per heavy atom. The van der Waals surface area contributed by atoms with Crippen molar-refractivity contribution in [1.82, 2.24) is 19.7 Å². The molecule has 42 heavy (non-hydrogen) atoms. The van der Waals surface area contributed by atoms with Crippen LogP contribution in [0.1, 0.15) is 23.4 Å². The highest BCUT2D eigenvalue weighted by Gasteiger charge is 2.43. The second-order valence-corrected chi connectivity index (χ2v) is 11.0. The van der Waals surface area contributed by atoms with Crippen molar-refractivity contribution in [1.29, 1.82) is 0 Å². The van der Waals surface area contributed by atoms with Crippen LogP contribution in [-0.4, -0.2) is 71.8 Å². The number of hydrogen-bond donors (Lipinski definition) is 1. The smallest absolute Gasteiger partial charge is 0.344 e. The standard InChI is InChI=1S/C28H32ClF4N7O2/c1-16-10-19(28(31,32)33)13-24(34-16)39-15-18(26(41)35-25-11-17(2)36-40(25)9-8-37(3)4)12-23(39)27(42)38(5)20-6-7-22(30)21(29)14-20/h6-7,10-11,13-14,18,23H,8-9,12,15H2,1-5H3,(H,35,41)/t18-,23-/m0/s1. The van der Waals surface area contributed by atoms with Crippen molar-refractivity contribution < 1.29 is 27.2 Å². The van der Waals surface area contributed by atoms with Gasteiger partial charge in [-0.05, 0) is 64.7 Å². The van der Waals surface area contributed by atoms with Crippen LogP contribution in [0.25, 0.3) is 0 Å². The van der Waals surface area contributed by atoms with E-state index >= 15 is 0 Å². The number of nitrogens with one attached hydrogen (secondary N) is 1. The fourth-order valence-corrected chi connectivity index (χ4v) is 5.03. The number of carbonyl (C=O) groups excluding carboxylic acids is 2. The van der Waals surface area contributed by atoms with Crippen molar-refractivity contribution in [2.24, 2.45) is 5.92 Å². The van der Waals surface area contributed by atoms with Gasteiger partial charge in [0, 0.05) is 37.6 Å². The van der Waals surface area contributed by atoms with Gasteiger partial charge in [0.05, 0.1) is 28.7 Å². The Bertz CT molecular complexity index is 1480. The van der Waals surface area contributed by atoms with E-state index in [1.165, 1.54) is 35.9 Å². The summed E-state index contributed by atoms with van der Waals surface area (Å²) in [6, 6.07) is 6.25. The summed E-state index contributed by atoms with van der Waals surface area (Å²) >= 11 is 5.92. The fourth-order valence-electron chi connectivity index (χ4n) is 4.86. The number of hydrogen-bond acceptors (Lipinski definition) is 6. The van der Waals surface area contributed by atoms with E-state index in [1.54, 1.807) is 17.7 Å². The third-order valence-electron chi connectivity index (χ3n) is 7.05. The van der Waals surface area contributed by atoms with Gasteiger partial charge >= 0.3 is 6.18 Å². The SMILES string of the molecule is Cc1cc(C(F)(F)F)cc(N2C[C@@H](C(=O)Nc3cc(C)nn3CCN(C)C)C[C@H]2C(=O)N(C)c2ccc(F)c(Cl)c2)n1. The number of aryl methyl sites for hydroxylation is 2. The van der Waals surface area contributed by atoms with Crippen molar-refractivity contribution in [2.75, 3.05) is 49.3 Å². The molecule has 1 N–H and O–H groups in total. The number of alkyl halides is 3. The van der Waals surface area contributed by atoms with E-state index in [9.17, 15) is 27.2 Å². The van der Waals surface area contributed by atoms with Crippen molar-refractivity contribution in [3.8, 4) is 0 Å². The Morgan fingerprint density at radius 2 is 1.81 bits per heavy atom. The zero-order valence-electron chi connectivity index (χ0n) is 23.8. The largest absolute Gasteiger partial charge is 0.416 e. The maximum Gasteiger partial charge on any atom is 0.416 e. The van der Waals surface area contributed by atoms with Crippen LogP contribution >= 0.6 is 11.6 Å². The molecule has 9 nitrogen and oxygen atoms in total. The quantitative estimate of drug-likeness (QED) is 0.371. The normalized spacial score (nSPS) is 17.2. The number of amides is 2. The Labute approximate surface area is 246 Å². The second-order valence-electron chi connectivity index (χ2n) is 10.6. The molecule has 0 aliphatic carbocycles. The summed E-state index contributed by atoms with van der Waals surface area (Å²) in [5.74, 6) is -1.95. The Balaban J connectivity index is 1.65. The molecule has 226 valence electrons. The van der Waals surface area contributed by atoms with E-state index in [2.05, 4.69) is 15.4 Å². The molecule has 14 heteroatoms. The number of likely N-dealkylation sites (N-methyl/N-ethyl adjacent to an activating group) is 2. The van der Waals surface area contributed by atoms with Gasteiger partial charge in [0.1, 0.15) is 23.5 Å². The van der Waals surface area contributed by atoms with Crippen LogP contribution in [0.5, 0.6) is 0 Å². The van der Waals surface area contributed by atoms with E-state index in [0.29, 0.717) is 24.6 Å². The molecule has 2 amide bonds. The van der Waals surface area contributed by atoms with Gasteiger partial charge in [-0.3, -0.25) is 9.59 Å². The first-order valence-corrected chi connectivity index (χ1v) is 13.6. The minimum absolute atomic E-state index is 0.00568. The Kier molecular flexibility index (Phi) is 9.12. The second kappa shape index (κ2) is 12.3. The van der Waals surface area contributed by atoms with Gasteiger partial charge in [-0.1, -0.05) is 11.6 Å². The molecule has 1 saturated heterocycles. The molecule has 3 heterocycles. The van der Waals surface area contributed by atoms with Gasteiger partial charge in [0.15, 0.2) is 0 Å². The molecular weight excluding hydrogens is 578 g/mol. The molecular formula is C28H32ClF4N7O2. The third-order valence-corrected chi connectivity index (χ3v) is 7.34. The maximum absolute atomic E-state index is 13.8. The van der Waals surface area contributed by atoms with Crippen LogP contribution in [0.2, 0.25) is 5.02 Å². The van der Waals surface area contributed by atoms with Gasteiger partial charge in [0.2, 0.25) is 11.8 Å². The van der Waals surface area contributed by atoms with E-state index in [-0.39, 0.29) is 35.2 Å². The maximum atomic E-state index is 13.8. The summed E-state index contributed by atoms with van der Waals surface area (Å²) < 4.78 is 56.4. The molecule has 0 bridgehead atoms. The number of pyridine rings is 1. The summed E-state index contributed by atoms with van der Waals surface area (Å²) in [6.45, 7) is 4.37. The van der Waals surface area contributed by atoms with Crippen LogP contribution in [-0.2, 0) is 22.3 Å². The van der Waals surface area contributed by atoms with Crippen LogP contribution in [0.4, 0.5) is 34.9 Å². The number of carbonyl (C=O) groups is 2. The highest BCUT2D eigenvalue weighted by molar-refractivity contribution is 6.31. The molecule has 3 aromatic rings. The number of halogens is 5. The van der Waals surface area contributed by atoms with Crippen molar-refractivity contribution in [3.05, 3.63) is 64.2 Å². The lowest BCUT2D eigenvalue weighted by Crippen LogP contribution is -2.44. The zero-order chi connectivity index (χ0) is 30.9. The average Bonchev–Trinajstić information content (AvgIpc) is 3.51. The first-order valence-electron chi connectivity index (χ1n) is 13.2. The van der Waals surface area contributed by atoms with Crippen LogP contribution in [0.3, 0.4) is 0 Å². The molecule has 1 aliphatic rings. The van der Waals surface area contributed by atoms with Crippen LogP contribution in [0.15, 0.2) is 36.4 Å². The van der Waals surface area contributed by atoms with Crippen LogP contribution in [0, 0.1) is 25.6 Å². The van der Waals surface area contributed by atoms with Gasteiger partial charge in [-0.25, -0.2) is 14.1 Å². The van der Waals surface area contributed by atoms with E-state index in [1.807, 2.05) is 19.0 Å². The topological polar surface area (TPSA) is 86.6 Å². The lowest BCUT2D eigenvalue weighted by molar-refractivity contribution is -0.137. The minimum Gasteiger partial charge on any atom is -0.344 e. The van der Waals surface area contributed by atoms with Gasteiger partial charge < -0.3 is 20.0 Å². The summed E-state index contributed by atoms with van der Waals surface area (Å²) in [7, 11) is 5.28. The highest BCUT2D eigenvalue weighted by Crippen LogP contribution is 2.36. The average molecular weight is 610 g/mol. The Morgan fingerprint density at radius 1 is 1.10 bits per heavy atom. The van der Waals surface area contributed by atoms with Gasteiger partial charge in [-0.15, -0.1) is 0 Å². The van der Waals surface area contributed by atoms with E-state index in [0.717, 1.165) is 18.2 Å². The molecule has 4 rings (SSSR count). The molecule has 2 aromatic heterocycles. The number of rotatable bonds is 8. The summed E-state index contributed by atoms with van der Waals surface area (Å²) in [4.78, 5) is 36.2. The molecule has 0 spiro atoms. The number of benzene rings is 1. The van der Waals surface area contributed by atoms with Crippen molar-refractivity contribution in [3.63, 3.8) is 0 Å². The number of aromatic nitrogens is 3. The summed E-state index contributed by atoms with van der Waals surface area (Å²) in [6.07, 6.45) is -4.63. The molecule has 0 radical (unpaired) electrons. The van der Waals surface area contributed by atoms with Crippen LogP contribution < -0.4 is 15.1 Å². The molecule has 1 aliphatic heterocycles. The van der Waals surface area contributed by atoms with Gasteiger partial charge in [-0.2, -0.15) is 18.3 Å². The van der Waals surface area contributed by atoms with Crippen molar-refractivity contribution in [2.45, 2.75) is 39.0 Å². The molecule has 1 fully saturated rings. The third kappa shape index (κ3) is 7.01. The monoisotopic (exact) mass is 609 g/mol. The number of nitrogens with zero attached hydrogens (tertiary/aromatic N) is 6. The lowest BCUT2D eigenvalue weighted by atomic mass is 10.0. The molecule has 1 aromatic carbocycles. The van der Waals surface area contributed by atoms with Crippen molar-refractivity contribution >= 4 is 40.7 Å². The first kappa shape index (κ1) is 31.2. The first-order chi connectivity index (χ1) is 19.6. The lowest BCUT2D eigenvalue weighted by Gasteiger charge is -2.29. The fraction of sp³-hybridized carbons (Fsp3) is 0.429. The predicted molar refractivity (Wildman–Crippen MR) is 152 cm³/mol. The predicted octanol–water partition coefficient (Wildman–Crippen LogP) is 4.76. The van der Waals surface area contributed by atoms with Gasteiger partial charge in [0.25, 0.3) is 0 Å². The summed E-state index contributed by atoms with van der Waals surface area (Å²) in [5.41, 5.74) is 0.182. The minimum atomic E-state index is -4.64. The molecule has 2 atom stereocenters. The molecule has 0 unspecified atom stereocenters. The summed E-state index contributed by atoms with van der Waals surface area (Å²) in [5, 5.41) is 7.12. The zero-order valence-corrected chi connectivity index (χ0v) is 24.6. The Hall–Kier alpha value is -3.71. The molecule has 0 saturated carbocycles. The van der Waals surface area contributed by atoms with E-state index in [4.69, 9.17) is 11.6 Å². The highest BCUT2D eigenvalue weighted by atomic mass is 35.5. The van der Waals surface area contributed by atoms with E-state index < -0.39 is 41.3 Å².